The molecule has 0 aliphatic rings. The number of hydrogen-bond acceptors (Lipinski definition) is 5. The van der Waals surface area contributed by atoms with Crippen LogP contribution in [0.4, 0.5) is 0 Å². The highest BCUT2D eigenvalue weighted by molar-refractivity contribution is 5.71. The SMILES string of the molecule is CCc1nc(=O)n(Cc2ccon2)c(CC)c1CC(=O)O. The summed E-state index contributed by atoms with van der Waals surface area (Å²) >= 11 is 0. The molecular formula is C14H17N3O4. The van der Waals surface area contributed by atoms with Crippen molar-refractivity contribution < 1.29 is 14.4 Å². The smallest absolute Gasteiger partial charge is 0.348 e. The highest BCUT2D eigenvalue weighted by atomic mass is 16.5. The van der Waals surface area contributed by atoms with Gasteiger partial charge < -0.3 is 9.63 Å². The van der Waals surface area contributed by atoms with Crippen molar-refractivity contribution in [1.29, 1.82) is 0 Å². The summed E-state index contributed by atoms with van der Waals surface area (Å²) in [4.78, 5) is 27.3. The maximum Gasteiger partial charge on any atom is 0.348 e. The lowest BCUT2D eigenvalue weighted by atomic mass is 10.0. The summed E-state index contributed by atoms with van der Waals surface area (Å²) in [6, 6.07) is 1.66. The minimum atomic E-state index is -0.937. The summed E-state index contributed by atoms with van der Waals surface area (Å²) in [7, 11) is 0. The van der Waals surface area contributed by atoms with Crippen molar-refractivity contribution in [3.05, 3.63) is 45.5 Å². The first-order valence-electron chi connectivity index (χ1n) is 6.79. The molecule has 1 N–H and O–H groups in total. The van der Waals surface area contributed by atoms with Crippen LogP contribution in [-0.4, -0.2) is 25.8 Å². The van der Waals surface area contributed by atoms with Crippen molar-refractivity contribution in [3.63, 3.8) is 0 Å². The Morgan fingerprint density at radius 1 is 1.38 bits per heavy atom. The van der Waals surface area contributed by atoms with E-state index in [-0.39, 0.29) is 18.7 Å². The number of carboxylic acids is 1. The molecule has 2 aromatic rings. The van der Waals surface area contributed by atoms with Gasteiger partial charge in [-0.3, -0.25) is 9.36 Å². The molecule has 2 heterocycles. The van der Waals surface area contributed by atoms with Crippen LogP contribution < -0.4 is 5.69 Å². The first kappa shape index (κ1) is 15.0. The van der Waals surface area contributed by atoms with E-state index in [2.05, 4.69) is 10.1 Å². The number of aromatic nitrogens is 3. The lowest BCUT2D eigenvalue weighted by Gasteiger charge is -2.16. The van der Waals surface area contributed by atoms with E-state index < -0.39 is 5.97 Å². The fourth-order valence-corrected chi connectivity index (χ4v) is 2.38. The minimum absolute atomic E-state index is 0.140. The highest BCUT2D eigenvalue weighted by Gasteiger charge is 2.18. The summed E-state index contributed by atoms with van der Waals surface area (Å²) in [6.45, 7) is 3.97. The van der Waals surface area contributed by atoms with E-state index in [0.29, 0.717) is 35.5 Å². The molecule has 7 heteroatoms. The summed E-state index contributed by atoms with van der Waals surface area (Å²) in [5.41, 5.74) is 2.07. The Bertz CT molecular complexity index is 689. The Balaban J connectivity index is 2.58. The summed E-state index contributed by atoms with van der Waals surface area (Å²) < 4.78 is 6.23. The average molecular weight is 291 g/mol. The zero-order chi connectivity index (χ0) is 15.4. The van der Waals surface area contributed by atoms with Gasteiger partial charge in [-0.2, -0.15) is 4.98 Å². The molecule has 0 unspecified atom stereocenters. The molecule has 0 amide bonds. The number of hydrogen-bond donors (Lipinski definition) is 1. The van der Waals surface area contributed by atoms with Crippen LogP contribution in [0.25, 0.3) is 0 Å². The van der Waals surface area contributed by atoms with E-state index in [1.165, 1.54) is 10.8 Å². The summed E-state index contributed by atoms with van der Waals surface area (Å²) in [6.07, 6.45) is 2.36. The van der Waals surface area contributed by atoms with Gasteiger partial charge in [0.1, 0.15) is 12.0 Å². The third-order valence-electron chi connectivity index (χ3n) is 3.29. The quantitative estimate of drug-likeness (QED) is 0.853. The van der Waals surface area contributed by atoms with Crippen molar-refractivity contribution in [3.8, 4) is 0 Å². The predicted octanol–water partition coefficient (Wildman–Crippen LogP) is 1.03. The van der Waals surface area contributed by atoms with Gasteiger partial charge in [-0.25, -0.2) is 4.79 Å². The number of carboxylic acid groups (broad SMARTS) is 1. The van der Waals surface area contributed by atoms with Crippen LogP contribution in [-0.2, 0) is 30.6 Å². The molecule has 0 aromatic carbocycles. The molecule has 112 valence electrons. The molecule has 0 aliphatic heterocycles. The van der Waals surface area contributed by atoms with Gasteiger partial charge in [-0.05, 0) is 12.8 Å². The van der Waals surface area contributed by atoms with Crippen LogP contribution >= 0.6 is 0 Å². The molecule has 0 saturated carbocycles. The molecule has 0 aliphatic carbocycles. The molecule has 21 heavy (non-hydrogen) atoms. The Morgan fingerprint density at radius 3 is 2.67 bits per heavy atom. The standard InChI is InChI=1S/C14H17N3O4/c1-3-11-10(7-13(18)19)12(4-2)17(14(20)15-11)8-9-5-6-21-16-9/h5-6H,3-4,7-8H2,1-2H3,(H,18,19). The van der Waals surface area contributed by atoms with Crippen molar-refractivity contribution in [1.82, 2.24) is 14.7 Å². The number of nitrogens with zero attached hydrogens (tertiary/aromatic N) is 3. The van der Waals surface area contributed by atoms with Crippen LogP contribution in [0.1, 0.15) is 36.5 Å². The Hall–Kier alpha value is -2.44. The Labute approximate surface area is 121 Å². The predicted molar refractivity (Wildman–Crippen MR) is 74.2 cm³/mol. The zero-order valence-corrected chi connectivity index (χ0v) is 12.0. The fraction of sp³-hybridized carbons (Fsp3) is 0.429. The highest BCUT2D eigenvalue weighted by Crippen LogP contribution is 2.15. The van der Waals surface area contributed by atoms with Crippen molar-refractivity contribution in [2.24, 2.45) is 0 Å². The van der Waals surface area contributed by atoms with Crippen LogP contribution in [0.5, 0.6) is 0 Å². The molecule has 7 nitrogen and oxygen atoms in total. The first-order valence-corrected chi connectivity index (χ1v) is 6.79. The van der Waals surface area contributed by atoms with Gasteiger partial charge >= 0.3 is 11.7 Å². The number of aliphatic carboxylic acids is 1. The monoisotopic (exact) mass is 291 g/mol. The van der Waals surface area contributed by atoms with E-state index in [4.69, 9.17) is 9.63 Å². The second-order valence-corrected chi connectivity index (χ2v) is 4.62. The summed E-state index contributed by atoms with van der Waals surface area (Å²) in [5, 5.41) is 12.9. The molecule has 0 fully saturated rings. The van der Waals surface area contributed by atoms with E-state index in [9.17, 15) is 9.59 Å². The third kappa shape index (κ3) is 3.18. The normalized spacial score (nSPS) is 10.8. The van der Waals surface area contributed by atoms with Crippen LogP contribution in [0, 0.1) is 0 Å². The van der Waals surface area contributed by atoms with Crippen molar-refractivity contribution >= 4 is 5.97 Å². The number of rotatable bonds is 6. The third-order valence-corrected chi connectivity index (χ3v) is 3.29. The first-order chi connectivity index (χ1) is 10.1. The van der Waals surface area contributed by atoms with Crippen LogP contribution in [0.2, 0.25) is 0 Å². The Morgan fingerprint density at radius 2 is 2.14 bits per heavy atom. The molecule has 0 spiro atoms. The topological polar surface area (TPSA) is 98.2 Å². The molecular weight excluding hydrogens is 274 g/mol. The average Bonchev–Trinajstić information content (AvgIpc) is 2.94. The minimum Gasteiger partial charge on any atom is -0.481 e. The summed E-state index contributed by atoms with van der Waals surface area (Å²) in [5.74, 6) is -0.937. The van der Waals surface area contributed by atoms with Gasteiger partial charge in [-0.1, -0.05) is 19.0 Å². The lowest BCUT2D eigenvalue weighted by molar-refractivity contribution is -0.136. The Kier molecular flexibility index (Phi) is 4.52. The number of carbonyl (C=O) groups is 1. The van der Waals surface area contributed by atoms with E-state index in [0.717, 1.165) is 0 Å². The second kappa shape index (κ2) is 6.34. The van der Waals surface area contributed by atoms with Gasteiger partial charge in [-0.15, -0.1) is 0 Å². The molecule has 0 saturated heterocycles. The lowest BCUT2D eigenvalue weighted by Crippen LogP contribution is -2.30. The maximum absolute atomic E-state index is 12.2. The molecule has 0 bridgehead atoms. The van der Waals surface area contributed by atoms with Gasteiger partial charge in [0.25, 0.3) is 0 Å². The van der Waals surface area contributed by atoms with Gasteiger partial charge in [0.05, 0.1) is 18.7 Å². The van der Waals surface area contributed by atoms with E-state index >= 15 is 0 Å². The molecule has 0 radical (unpaired) electrons. The molecule has 2 aromatic heterocycles. The van der Waals surface area contributed by atoms with Crippen molar-refractivity contribution in [2.45, 2.75) is 39.7 Å². The van der Waals surface area contributed by atoms with Gasteiger partial charge in [0, 0.05) is 17.3 Å². The fourth-order valence-electron chi connectivity index (χ4n) is 2.38. The number of aryl methyl sites for hydroxylation is 1. The van der Waals surface area contributed by atoms with Gasteiger partial charge in [0.15, 0.2) is 0 Å². The van der Waals surface area contributed by atoms with Crippen LogP contribution in [0.15, 0.2) is 21.6 Å². The van der Waals surface area contributed by atoms with E-state index in [1.54, 1.807) is 6.07 Å². The van der Waals surface area contributed by atoms with Gasteiger partial charge in [0.2, 0.25) is 0 Å². The van der Waals surface area contributed by atoms with E-state index in [1.807, 2.05) is 13.8 Å². The molecule has 2 rings (SSSR count). The maximum atomic E-state index is 12.2. The second-order valence-electron chi connectivity index (χ2n) is 4.62. The van der Waals surface area contributed by atoms with Crippen LogP contribution in [0.3, 0.4) is 0 Å². The molecule has 0 atom stereocenters. The van der Waals surface area contributed by atoms with Crippen molar-refractivity contribution in [2.75, 3.05) is 0 Å². The zero-order valence-electron chi connectivity index (χ0n) is 12.0. The largest absolute Gasteiger partial charge is 0.481 e.